The van der Waals surface area contributed by atoms with Gasteiger partial charge in [0.1, 0.15) is 24.4 Å². The third-order valence-electron chi connectivity index (χ3n) is 6.67. The zero-order chi connectivity index (χ0) is 30.0. The van der Waals surface area contributed by atoms with Gasteiger partial charge in [0.15, 0.2) is 6.29 Å². The first kappa shape index (κ1) is 34.8. The van der Waals surface area contributed by atoms with E-state index in [1.54, 1.807) is 43.6 Å². The van der Waals surface area contributed by atoms with Gasteiger partial charge >= 0.3 is 5.97 Å². The highest BCUT2D eigenvalue weighted by molar-refractivity contribution is 5.82. The van der Waals surface area contributed by atoms with Crippen molar-refractivity contribution < 1.29 is 49.3 Å². The zero-order valence-corrected chi connectivity index (χ0v) is 23.9. The van der Waals surface area contributed by atoms with Crippen LogP contribution in [0.2, 0.25) is 0 Å². The monoisotopic (exact) mass is 578 g/mol. The molecule has 10 heteroatoms. The molecule has 0 radical (unpaired) electrons. The molecule has 2 aliphatic heterocycles. The molecule has 0 bridgehead atoms. The van der Waals surface area contributed by atoms with E-state index in [2.05, 4.69) is 0 Å². The minimum Gasteiger partial charge on any atom is -0.460 e. The van der Waals surface area contributed by atoms with E-state index in [4.69, 9.17) is 18.9 Å². The Kier molecular flexibility index (Phi) is 16.7. The molecule has 5 N–H and O–H groups in total. The average Bonchev–Trinajstić information content (AvgIpc) is 2.94. The van der Waals surface area contributed by atoms with E-state index in [1.807, 2.05) is 37.3 Å². The van der Waals surface area contributed by atoms with Crippen molar-refractivity contribution in [1.29, 1.82) is 0 Å². The van der Waals surface area contributed by atoms with E-state index < -0.39 is 55.5 Å². The predicted molar refractivity (Wildman–Crippen MR) is 154 cm³/mol. The van der Waals surface area contributed by atoms with Crippen LogP contribution >= 0.6 is 0 Å². The molecule has 0 aromatic rings. The SMILES string of the molecule is CO[C@H]1/C=C/C=C/CCC[C@@H](C)OC(=O)/C=C\C=C\C[C@H](O[C@H]2O[C@@H](CO)[C@H](O)[C@@H](O)[C@@H]2O)/C=C/C=C\C[C@H](O)C1. The second kappa shape index (κ2) is 19.7. The maximum atomic E-state index is 12.1. The number of allylic oxidation sites excluding steroid dienone is 7. The number of carbonyl (C=O) groups is 1. The number of esters is 1. The van der Waals surface area contributed by atoms with E-state index in [9.17, 15) is 30.3 Å². The van der Waals surface area contributed by atoms with E-state index in [0.717, 1.165) is 19.3 Å². The summed E-state index contributed by atoms with van der Waals surface area (Å²) in [5.41, 5.74) is 0. The smallest absolute Gasteiger partial charge is 0.331 e. The molecule has 0 aliphatic carbocycles. The second-order valence-corrected chi connectivity index (χ2v) is 10.1. The van der Waals surface area contributed by atoms with Gasteiger partial charge in [0.25, 0.3) is 0 Å². The number of rotatable bonds is 4. The van der Waals surface area contributed by atoms with E-state index in [-0.39, 0.29) is 12.2 Å². The highest BCUT2D eigenvalue weighted by atomic mass is 16.7. The maximum Gasteiger partial charge on any atom is 0.331 e. The van der Waals surface area contributed by atoms with Gasteiger partial charge in [-0.1, -0.05) is 66.8 Å². The predicted octanol–water partition coefficient (Wildman–Crippen LogP) is 2.17. The summed E-state index contributed by atoms with van der Waals surface area (Å²) in [7, 11) is 1.60. The Bertz CT molecular complexity index is 922. The van der Waals surface area contributed by atoms with Crippen LogP contribution in [0.15, 0.2) is 72.9 Å². The minimum absolute atomic E-state index is 0.223. The molecule has 2 rings (SSSR count). The lowest BCUT2D eigenvalue weighted by Gasteiger charge is -2.40. The van der Waals surface area contributed by atoms with Gasteiger partial charge in [-0.2, -0.15) is 0 Å². The van der Waals surface area contributed by atoms with E-state index in [1.165, 1.54) is 6.08 Å². The molecule has 2 aliphatic rings. The topological polar surface area (TPSA) is 155 Å². The van der Waals surface area contributed by atoms with Crippen LogP contribution in [0.25, 0.3) is 0 Å². The van der Waals surface area contributed by atoms with Crippen LogP contribution in [0.3, 0.4) is 0 Å². The van der Waals surface area contributed by atoms with E-state index in [0.29, 0.717) is 19.3 Å². The highest BCUT2D eigenvalue weighted by Crippen LogP contribution is 2.24. The molecule has 0 aromatic heterocycles. The van der Waals surface area contributed by atoms with Gasteiger partial charge in [-0.15, -0.1) is 0 Å². The summed E-state index contributed by atoms with van der Waals surface area (Å²) in [6.45, 7) is 1.29. The van der Waals surface area contributed by atoms with Crippen molar-refractivity contribution in [3.63, 3.8) is 0 Å². The van der Waals surface area contributed by atoms with Crippen molar-refractivity contribution in [1.82, 2.24) is 0 Å². The van der Waals surface area contributed by atoms with Crippen LogP contribution in [-0.2, 0) is 23.7 Å². The third-order valence-corrected chi connectivity index (χ3v) is 6.67. The van der Waals surface area contributed by atoms with Crippen molar-refractivity contribution in [3.8, 4) is 0 Å². The van der Waals surface area contributed by atoms with Crippen LogP contribution < -0.4 is 0 Å². The lowest BCUT2D eigenvalue weighted by molar-refractivity contribution is -0.307. The van der Waals surface area contributed by atoms with Crippen molar-refractivity contribution in [2.24, 2.45) is 0 Å². The Hall–Kier alpha value is -2.41. The Morgan fingerprint density at radius 1 is 0.878 bits per heavy atom. The number of aliphatic hydroxyl groups is 5. The third kappa shape index (κ3) is 13.4. The Morgan fingerprint density at radius 3 is 2.29 bits per heavy atom. The first-order chi connectivity index (χ1) is 19.7. The second-order valence-electron chi connectivity index (χ2n) is 10.1. The molecule has 10 nitrogen and oxygen atoms in total. The highest BCUT2D eigenvalue weighted by Gasteiger charge is 2.44. The summed E-state index contributed by atoms with van der Waals surface area (Å²) in [5, 5.41) is 50.4. The summed E-state index contributed by atoms with van der Waals surface area (Å²) < 4.78 is 22.2. The molecular weight excluding hydrogens is 532 g/mol. The van der Waals surface area contributed by atoms with Gasteiger partial charge in [-0.25, -0.2) is 4.79 Å². The number of hydrogen-bond acceptors (Lipinski definition) is 10. The molecule has 0 spiro atoms. The molecule has 1 saturated heterocycles. The molecule has 9 atom stereocenters. The summed E-state index contributed by atoms with van der Waals surface area (Å²) in [4.78, 5) is 12.1. The normalized spacial score (nSPS) is 39.9. The van der Waals surface area contributed by atoms with Gasteiger partial charge in [0.05, 0.1) is 31.0 Å². The molecule has 2 heterocycles. The van der Waals surface area contributed by atoms with Crippen LogP contribution in [0, 0.1) is 0 Å². The molecule has 0 saturated carbocycles. The molecule has 41 heavy (non-hydrogen) atoms. The van der Waals surface area contributed by atoms with Gasteiger partial charge < -0.3 is 44.5 Å². The van der Waals surface area contributed by atoms with Crippen LogP contribution in [0.4, 0.5) is 0 Å². The zero-order valence-electron chi connectivity index (χ0n) is 23.9. The fourth-order valence-electron chi connectivity index (χ4n) is 4.26. The molecule has 0 aromatic carbocycles. The molecular formula is C31H46O10. The Balaban J connectivity index is 2.14. The van der Waals surface area contributed by atoms with Gasteiger partial charge in [0, 0.05) is 19.6 Å². The standard InChI is InChI=1S/C31H46O10/c1-22-14-8-4-3-5-10-18-25(38-2)20-23(33)15-9-6-11-16-24(17-12-7-13-19-27(34)39-22)40-31-30(37)29(36)28(35)26(21-32)41-31/h3,5-7,9-13,16,18-19,22-26,28-33,35-37H,4,8,14-15,17,20-21H2,1-2H3/b5-3+,9-6-,12-7+,16-11+,18-10+,19-13-/t22-,23+,24-,25+,26+,28+,29-,30+,31+/m1/s1. The van der Waals surface area contributed by atoms with Crippen LogP contribution in [0.1, 0.15) is 45.4 Å². The van der Waals surface area contributed by atoms with Gasteiger partial charge in [0.2, 0.25) is 0 Å². The first-order valence-corrected chi connectivity index (χ1v) is 14.1. The van der Waals surface area contributed by atoms with Crippen LogP contribution in [-0.4, -0.2) is 100 Å². The lowest BCUT2D eigenvalue weighted by Crippen LogP contribution is -2.59. The number of ether oxygens (including phenoxy) is 4. The Morgan fingerprint density at radius 2 is 1.56 bits per heavy atom. The van der Waals surface area contributed by atoms with Gasteiger partial charge in [-0.05, 0) is 39.0 Å². The summed E-state index contributed by atoms with van der Waals surface area (Å²) in [5.74, 6) is -0.443. The Labute approximate surface area is 242 Å². The quantitative estimate of drug-likeness (QED) is 0.314. The number of carbonyl (C=O) groups excluding carboxylic acids is 1. The number of hydrogen-bond donors (Lipinski definition) is 5. The summed E-state index contributed by atoms with van der Waals surface area (Å²) in [6, 6.07) is 0. The first-order valence-electron chi connectivity index (χ1n) is 14.1. The number of cyclic esters (lactones) is 1. The van der Waals surface area contributed by atoms with Crippen LogP contribution in [0.5, 0.6) is 0 Å². The number of methoxy groups -OCH3 is 1. The van der Waals surface area contributed by atoms with Crippen molar-refractivity contribution in [2.45, 2.75) is 101 Å². The largest absolute Gasteiger partial charge is 0.460 e. The fourth-order valence-corrected chi connectivity index (χ4v) is 4.26. The maximum absolute atomic E-state index is 12.1. The fraction of sp³-hybridized carbons (Fsp3) is 0.581. The molecule has 0 amide bonds. The lowest BCUT2D eigenvalue weighted by atomic mass is 9.99. The van der Waals surface area contributed by atoms with Gasteiger partial charge in [-0.3, -0.25) is 0 Å². The average molecular weight is 579 g/mol. The molecule has 0 unspecified atom stereocenters. The summed E-state index contributed by atoms with van der Waals surface area (Å²) in [6.07, 6.45) is 16.0. The van der Waals surface area contributed by atoms with Crippen molar-refractivity contribution in [2.75, 3.05) is 13.7 Å². The van der Waals surface area contributed by atoms with Crippen molar-refractivity contribution >= 4 is 5.97 Å². The molecule has 1 fully saturated rings. The molecule has 230 valence electrons. The summed E-state index contributed by atoms with van der Waals surface area (Å²) >= 11 is 0. The minimum atomic E-state index is -1.56. The van der Waals surface area contributed by atoms with Crippen molar-refractivity contribution in [3.05, 3.63) is 72.9 Å². The number of aliphatic hydroxyl groups excluding tert-OH is 5. The van der Waals surface area contributed by atoms with E-state index >= 15 is 0 Å².